The summed E-state index contributed by atoms with van der Waals surface area (Å²) in [5, 5.41) is 3.98. The smallest absolute Gasteiger partial charge is 0.291 e. The molecule has 1 aromatic carbocycles. The predicted molar refractivity (Wildman–Crippen MR) is 110 cm³/mol. The highest BCUT2D eigenvalue weighted by atomic mass is 16.5. The number of amides is 1. The minimum atomic E-state index is -0.253. The summed E-state index contributed by atoms with van der Waals surface area (Å²) in [6.07, 6.45) is 0. The molecule has 0 radical (unpaired) electrons. The van der Waals surface area contributed by atoms with Crippen LogP contribution in [0.2, 0.25) is 0 Å². The van der Waals surface area contributed by atoms with Gasteiger partial charge >= 0.3 is 0 Å². The van der Waals surface area contributed by atoms with Crippen molar-refractivity contribution < 1.29 is 13.9 Å². The number of fused-ring (bicyclic) bond motifs is 1. The van der Waals surface area contributed by atoms with Crippen molar-refractivity contribution in [3.8, 4) is 0 Å². The van der Waals surface area contributed by atoms with Crippen molar-refractivity contribution in [2.45, 2.75) is 27.7 Å². The van der Waals surface area contributed by atoms with Crippen molar-refractivity contribution in [1.82, 2.24) is 4.98 Å². The van der Waals surface area contributed by atoms with Crippen LogP contribution in [0.4, 0.5) is 11.5 Å². The molecule has 1 fully saturated rings. The summed E-state index contributed by atoms with van der Waals surface area (Å²) in [6.45, 7) is 10.9. The fourth-order valence-electron chi connectivity index (χ4n) is 3.72. The van der Waals surface area contributed by atoms with E-state index < -0.39 is 0 Å². The molecule has 1 N–H and O–H groups in total. The molecule has 0 aliphatic carbocycles. The molecule has 1 amide bonds. The van der Waals surface area contributed by atoms with Gasteiger partial charge in [0.2, 0.25) is 0 Å². The molecule has 0 unspecified atom stereocenters. The van der Waals surface area contributed by atoms with Crippen molar-refractivity contribution in [3.05, 3.63) is 52.4 Å². The van der Waals surface area contributed by atoms with E-state index in [0.717, 1.165) is 52.3 Å². The average Bonchev–Trinajstić information content (AvgIpc) is 3.06. The summed E-state index contributed by atoms with van der Waals surface area (Å²) in [4.78, 5) is 19.8. The minimum absolute atomic E-state index is 0.253. The number of nitrogens with zero attached hydrogens (tertiary/aromatic N) is 2. The van der Waals surface area contributed by atoms with Crippen LogP contribution in [0.1, 0.15) is 32.9 Å². The number of furan rings is 1. The molecule has 6 heteroatoms. The standard InChI is InChI=1S/C22H25N3O3/c1-13-5-6-14(2)20-19(13)15(3)21(28-20)22(26)24-17-7-8-18(23-16(17)4)25-9-11-27-12-10-25/h5-8H,9-12H2,1-4H3,(H,24,26). The quantitative estimate of drug-likeness (QED) is 0.740. The molecular weight excluding hydrogens is 354 g/mol. The number of ether oxygens (including phenoxy) is 1. The molecule has 28 heavy (non-hydrogen) atoms. The molecule has 4 rings (SSSR count). The van der Waals surface area contributed by atoms with E-state index in [4.69, 9.17) is 9.15 Å². The Hall–Kier alpha value is -2.86. The van der Waals surface area contributed by atoms with Gasteiger partial charge in [0.1, 0.15) is 11.4 Å². The highest BCUT2D eigenvalue weighted by Crippen LogP contribution is 2.31. The van der Waals surface area contributed by atoms with Gasteiger partial charge in [0.15, 0.2) is 5.76 Å². The van der Waals surface area contributed by atoms with Crippen molar-refractivity contribution in [3.63, 3.8) is 0 Å². The van der Waals surface area contributed by atoms with E-state index in [2.05, 4.69) is 21.3 Å². The van der Waals surface area contributed by atoms with Crippen LogP contribution < -0.4 is 10.2 Å². The molecule has 2 aromatic heterocycles. The van der Waals surface area contributed by atoms with Crippen molar-refractivity contribution >= 4 is 28.4 Å². The zero-order valence-corrected chi connectivity index (χ0v) is 16.8. The normalized spacial score (nSPS) is 14.5. The van der Waals surface area contributed by atoms with Crippen LogP contribution in [0, 0.1) is 27.7 Å². The zero-order chi connectivity index (χ0) is 19.8. The number of carbonyl (C=O) groups is 1. The number of nitrogens with one attached hydrogen (secondary N) is 1. The lowest BCUT2D eigenvalue weighted by atomic mass is 10.0. The molecule has 0 bridgehead atoms. The van der Waals surface area contributed by atoms with E-state index in [1.807, 2.05) is 45.9 Å². The van der Waals surface area contributed by atoms with Gasteiger partial charge in [-0.1, -0.05) is 12.1 Å². The lowest BCUT2D eigenvalue weighted by Crippen LogP contribution is -2.36. The highest BCUT2D eigenvalue weighted by Gasteiger charge is 2.21. The topological polar surface area (TPSA) is 67.6 Å². The zero-order valence-electron chi connectivity index (χ0n) is 16.8. The number of hydrogen-bond acceptors (Lipinski definition) is 5. The predicted octanol–water partition coefficient (Wildman–Crippen LogP) is 4.15. The first-order valence-electron chi connectivity index (χ1n) is 9.56. The second-order valence-electron chi connectivity index (χ2n) is 7.32. The number of aromatic nitrogens is 1. The molecule has 1 aliphatic rings. The fourth-order valence-corrected chi connectivity index (χ4v) is 3.72. The van der Waals surface area contributed by atoms with E-state index >= 15 is 0 Å². The number of hydrogen-bond donors (Lipinski definition) is 1. The Morgan fingerprint density at radius 3 is 2.43 bits per heavy atom. The van der Waals surface area contributed by atoms with Gasteiger partial charge < -0.3 is 19.4 Å². The van der Waals surface area contributed by atoms with Gasteiger partial charge in [0, 0.05) is 24.0 Å². The van der Waals surface area contributed by atoms with E-state index in [1.54, 1.807) is 0 Å². The maximum absolute atomic E-state index is 12.9. The third kappa shape index (κ3) is 3.24. The van der Waals surface area contributed by atoms with Crippen LogP contribution in [0.3, 0.4) is 0 Å². The molecule has 0 saturated carbocycles. The van der Waals surface area contributed by atoms with Crippen LogP contribution >= 0.6 is 0 Å². The van der Waals surface area contributed by atoms with Gasteiger partial charge in [-0.05, 0) is 51.0 Å². The van der Waals surface area contributed by atoms with Crippen LogP contribution in [-0.2, 0) is 4.74 Å². The summed E-state index contributed by atoms with van der Waals surface area (Å²) in [5.74, 6) is 1.01. The van der Waals surface area contributed by atoms with Gasteiger partial charge in [-0.3, -0.25) is 4.79 Å². The summed E-state index contributed by atoms with van der Waals surface area (Å²) >= 11 is 0. The fraction of sp³-hybridized carbons (Fsp3) is 0.364. The number of pyridine rings is 1. The van der Waals surface area contributed by atoms with Crippen LogP contribution in [0.5, 0.6) is 0 Å². The van der Waals surface area contributed by atoms with Crippen LogP contribution in [0.25, 0.3) is 11.0 Å². The number of aryl methyl sites for hydroxylation is 4. The van der Waals surface area contributed by atoms with Crippen LogP contribution in [-0.4, -0.2) is 37.2 Å². The van der Waals surface area contributed by atoms with Gasteiger partial charge in [-0.15, -0.1) is 0 Å². The first kappa shape index (κ1) is 18.5. The molecule has 146 valence electrons. The van der Waals surface area contributed by atoms with Gasteiger partial charge in [0.25, 0.3) is 5.91 Å². The molecule has 3 aromatic rings. The van der Waals surface area contributed by atoms with Crippen molar-refractivity contribution in [2.24, 2.45) is 0 Å². The van der Waals surface area contributed by atoms with E-state index in [0.29, 0.717) is 24.7 Å². The largest absolute Gasteiger partial charge is 0.450 e. The first-order chi connectivity index (χ1) is 13.5. The minimum Gasteiger partial charge on any atom is -0.450 e. The third-order valence-electron chi connectivity index (χ3n) is 5.34. The monoisotopic (exact) mass is 379 g/mol. The van der Waals surface area contributed by atoms with E-state index in [1.165, 1.54) is 0 Å². The maximum Gasteiger partial charge on any atom is 0.291 e. The number of benzene rings is 1. The lowest BCUT2D eigenvalue weighted by molar-refractivity contribution is 0.0997. The summed E-state index contributed by atoms with van der Waals surface area (Å²) in [5.41, 5.74) is 5.24. The number of carbonyl (C=O) groups excluding carboxylic acids is 1. The van der Waals surface area contributed by atoms with Gasteiger partial charge in [-0.25, -0.2) is 4.98 Å². The molecule has 6 nitrogen and oxygen atoms in total. The second kappa shape index (κ2) is 7.28. The highest BCUT2D eigenvalue weighted by molar-refractivity contribution is 6.07. The Bertz CT molecular complexity index is 1050. The Labute approximate surface area is 164 Å². The summed E-state index contributed by atoms with van der Waals surface area (Å²) < 4.78 is 11.3. The maximum atomic E-state index is 12.9. The first-order valence-corrected chi connectivity index (χ1v) is 9.56. The van der Waals surface area contributed by atoms with E-state index in [-0.39, 0.29) is 5.91 Å². The molecular formula is C22H25N3O3. The third-order valence-corrected chi connectivity index (χ3v) is 5.34. The second-order valence-corrected chi connectivity index (χ2v) is 7.32. The summed E-state index contributed by atoms with van der Waals surface area (Å²) in [7, 11) is 0. The number of rotatable bonds is 3. The Morgan fingerprint density at radius 1 is 1.04 bits per heavy atom. The van der Waals surface area contributed by atoms with E-state index in [9.17, 15) is 4.79 Å². The Balaban J connectivity index is 1.60. The van der Waals surface area contributed by atoms with Crippen LogP contribution in [0.15, 0.2) is 28.7 Å². The molecule has 0 atom stereocenters. The van der Waals surface area contributed by atoms with Crippen molar-refractivity contribution in [2.75, 3.05) is 36.5 Å². The number of anilines is 2. The Kier molecular flexibility index (Phi) is 4.81. The van der Waals surface area contributed by atoms with Crippen molar-refractivity contribution in [1.29, 1.82) is 0 Å². The summed E-state index contributed by atoms with van der Waals surface area (Å²) in [6, 6.07) is 7.91. The Morgan fingerprint density at radius 2 is 1.75 bits per heavy atom. The van der Waals surface area contributed by atoms with Gasteiger partial charge in [-0.2, -0.15) is 0 Å². The molecule has 1 aliphatic heterocycles. The number of morpholine rings is 1. The van der Waals surface area contributed by atoms with Gasteiger partial charge in [0.05, 0.1) is 24.6 Å². The molecule has 0 spiro atoms. The molecule has 1 saturated heterocycles. The average molecular weight is 379 g/mol. The SMILES string of the molecule is Cc1nc(N2CCOCC2)ccc1NC(=O)c1oc2c(C)ccc(C)c2c1C. The lowest BCUT2D eigenvalue weighted by Gasteiger charge is -2.28. The molecule has 3 heterocycles.